The topological polar surface area (TPSA) is 152 Å². The van der Waals surface area contributed by atoms with Crippen LogP contribution in [0.25, 0.3) is 0 Å². The summed E-state index contributed by atoms with van der Waals surface area (Å²) in [5.74, 6) is -2.34. The Hall–Kier alpha value is -1.30. The van der Waals surface area contributed by atoms with Gasteiger partial charge in [-0.1, -0.05) is 27.7 Å². The fourth-order valence-electron chi connectivity index (χ4n) is 7.87. The zero-order chi connectivity index (χ0) is 22.1. The maximum absolute atomic E-state index is 13.4. The van der Waals surface area contributed by atoms with Gasteiger partial charge in [0.05, 0.1) is 23.5 Å². The highest BCUT2D eigenvalue weighted by Crippen LogP contribution is 2.82. The van der Waals surface area contributed by atoms with Gasteiger partial charge in [0.1, 0.15) is 17.8 Å². The molecule has 0 aromatic carbocycles. The van der Waals surface area contributed by atoms with Crippen LogP contribution in [0.2, 0.25) is 0 Å². The molecule has 0 amide bonds. The Labute approximate surface area is 173 Å². The number of hydrogen-bond acceptors (Lipinski definition) is 10. The number of carbonyl (C=O) groups excluding carboxylic acids is 2. The molecule has 11 atom stereocenters. The predicted octanol–water partition coefficient (Wildman–Crippen LogP) is -1.33. The Morgan fingerprint density at radius 3 is 2.53 bits per heavy atom. The van der Waals surface area contributed by atoms with Crippen LogP contribution in [0.4, 0.5) is 0 Å². The second-order valence-electron chi connectivity index (χ2n) is 10.5. The summed E-state index contributed by atoms with van der Waals surface area (Å²) in [6, 6.07) is 0. The van der Waals surface area contributed by atoms with E-state index in [-0.39, 0.29) is 12.9 Å². The van der Waals surface area contributed by atoms with Gasteiger partial charge in [-0.25, -0.2) is 4.79 Å². The molecule has 168 valence electrons. The fraction of sp³-hybridized carbons (Fsp3) is 0.900. The molecule has 5 aliphatic rings. The van der Waals surface area contributed by atoms with E-state index in [0.717, 1.165) is 0 Å². The molecule has 0 radical (unpaired) electrons. The summed E-state index contributed by atoms with van der Waals surface area (Å²) in [4.78, 5) is 24.8. The van der Waals surface area contributed by atoms with Crippen LogP contribution >= 0.6 is 0 Å². The average Bonchev–Trinajstić information content (AvgIpc) is 3.32. The lowest BCUT2D eigenvalue weighted by Gasteiger charge is -2.48. The van der Waals surface area contributed by atoms with E-state index in [1.165, 1.54) is 6.92 Å². The highest BCUT2D eigenvalue weighted by atomic mass is 16.7. The second-order valence-corrected chi connectivity index (χ2v) is 10.5. The van der Waals surface area contributed by atoms with E-state index in [9.17, 15) is 30.0 Å². The van der Waals surface area contributed by atoms with Crippen molar-refractivity contribution in [1.82, 2.24) is 0 Å². The monoisotopic (exact) mass is 428 g/mol. The van der Waals surface area contributed by atoms with Crippen molar-refractivity contribution in [1.29, 1.82) is 0 Å². The second kappa shape index (κ2) is 5.54. The van der Waals surface area contributed by atoms with Crippen molar-refractivity contribution >= 4 is 12.4 Å². The van der Waals surface area contributed by atoms with E-state index in [2.05, 4.69) is 0 Å². The Kier molecular flexibility index (Phi) is 3.80. The van der Waals surface area contributed by atoms with Crippen molar-refractivity contribution in [2.45, 2.75) is 76.2 Å². The summed E-state index contributed by atoms with van der Waals surface area (Å²) in [5.41, 5.74) is -7.89. The van der Waals surface area contributed by atoms with Gasteiger partial charge in [0.2, 0.25) is 11.9 Å². The first-order chi connectivity index (χ1) is 13.9. The third kappa shape index (κ3) is 1.61. The summed E-state index contributed by atoms with van der Waals surface area (Å²) in [6.07, 6.45) is -6.37. The molecule has 4 N–H and O–H groups in total. The van der Waals surface area contributed by atoms with Crippen LogP contribution in [-0.4, -0.2) is 81.6 Å². The summed E-state index contributed by atoms with van der Waals surface area (Å²) in [6.45, 7) is 6.88. The summed E-state index contributed by atoms with van der Waals surface area (Å²) < 4.78 is 22.6. The van der Waals surface area contributed by atoms with Crippen molar-refractivity contribution in [3.8, 4) is 0 Å². The van der Waals surface area contributed by atoms with Crippen LogP contribution in [0, 0.1) is 28.1 Å². The quantitative estimate of drug-likeness (QED) is 0.314. The highest BCUT2D eigenvalue weighted by Gasteiger charge is 3.01. The van der Waals surface area contributed by atoms with Gasteiger partial charge in [-0.05, 0) is 17.8 Å². The highest BCUT2D eigenvalue weighted by molar-refractivity contribution is 5.89. The van der Waals surface area contributed by atoms with Gasteiger partial charge >= 0.3 is 5.97 Å². The molecule has 1 spiro atoms. The van der Waals surface area contributed by atoms with Crippen LogP contribution in [0.3, 0.4) is 0 Å². The van der Waals surface area contributed by atoms with Crippen molar-refractivity contribution in [3.05, 3.63) is 0 Å². The van der Waals surface area contributed by atoms with Crippen molar-refractivity contribution in [2.75, 3.05) is 6.61 Å². The van der Waals surface area contributed by atoms with E-state index in [1.54, 1.807) is 0 Å². The molecule has 7 unspecified atom stereocenters. The molecular weight excluding hydrogens is 400 g/mol. The number of rotatable bonds is 3. The molecule has 10 nitrogen and oxygen atoms in total. The smallest absolute Gasteiger partial charge is 0.342 e. The minimum atomic E-state index is -2.18. The van der Waals surface area contributed by atoms with Gasteiger partial charge in [-0.15, -0.1) is 0 Å². The van der Waals surface area contributed by atoms with Crippen LogP contribution < -0.4 is 0 Å². The van der Waals surface area contributed by atoms with Crippen molar-refractivity contribution in [3.63, 3.8) is 0 Å². The van der Waals surface area contributed by atoms with E-state index in [1.807, 2.05) is 20.8 Å². The molecule has 2 saturated carbocycles. The number of aliphatic hydroxyl groups excluding tert-OH is 3. The number of esters is 1. The minimum Gasteiger partial charge on any atom is -0.459 e. The molecule has 30 heavy (non-hydrogen) atoms. The van der Waals surface area contributed by atoms with Crippen LogP contribution in [-0.2, 0) is 28.5 Å². The van der Waals surface area contributed by atoms with E-state index >= 15 is 0 Å². The lowest BCUT2D eigenvalue weighted by Crippen LogP contribution is -2.66. The van der Waals surface area contributed by atoms with Gasteiger partial charge in [0.25, 0.3) is 6.47 Å². The zero-order valence-corrected chi connectivity index (χ0v) is 17.3. The number of carbonyl (C=O) groups is 2. The van der Waals surface area contributed by atoms with Crippen molar-refractivity contribution < 1.29 is 49.0 Å². The number of aliphatic hydroxyl groups is 4. The molecule has 2 aliphatic carbocycles. The predicted molar refractivity (Wildman–Crippen MR) is 95.1 cm³/mol. The molecule has 0 aromatic rings. The molecule has 0 aromatic heterocycles. The van der Waals surface area contributed by atoms with Gasteiger partial charge in [0, 0.05) is 5.92 Å². The lowest BCUT2D eigenvalue weighted by molar-refractivity contribution is -0.251. The molecule has 0 bridgehead atoms. The van der Waals surface area contributed by atoms with Crippen LogP contribution in [0.1, 0.15) is 34.1 Å². The van der Waals surface area contributed by atoms with Gasteiger partial charge in [0.15, 0.2) is 6.29 Å². The molecule has 5 fully saturated rings. The summed E-state index contributed by atoms with van der Waals surface area (Å²) >= 11 is 0. The molecule has 3 saturated heterocycles. The van der Waals surface area contributed by atoms with E-state index in [4.69, 9.17) is 18.9 Å². The zero-order valence-electron chi connectivity index (χ0n) is 17.3. The first kappa shape index (κ1) is 20.6. The fourth-order valence-corrected chi connectivity index (χ4v) is 7.87. The van der Waals surface area contributed by atoms with Crippen molar-refractivity contribution in [2.24, 2.45) is 28.1 Å². The largest absolute Gasteiger partial charge is 0.459 e. The Bertz CT molecular complexity index is 810. The van der Waals surface area contributed by atoms with E-state index in [0.29, 0.717) is 0 Å². The number of hydrogen-bond donors (Lipinski definition) is 4. The summed E-state index contributed by atoms with van der Waals surface area (Å²) in [5, 5.41) is 44.6. The maximum Gasteiger partial charge on any atom is 0.342 e. The molecule has 3 heterocycles. The summed E-state index contributed by atoms with van der Waals surface area (Å²) in [7, 11) is 0. The Morgan fingerprint density at radius 1 is 1.30 bits per heavy atom. The molecule has 3 aliphatic heterocycles. The van der Waals surface area contributed by atoms with Gasteiger partial charge in [-0.3, -0.25) is 4.79 Å². The van der Waals surface area contributed by atoms with E-state index < -0.39 is 82.8 Å². The molecule has 10 heteroatoms. The normalized spacial score (nSPS) is 58.4. The van der Waals surface area contributed by atoms with Gasteiger partial charge < -0.3 is 39.4 Å². The van der Waals surface area contributed by atoms with Gasteiger partial charge in [-0.2, -0.15) is 0 Å². The van der Waals surface area contributed by atoms with Crippen LogP contribution in [0.5, 0.6) is 0 Å². The first-order valence-corrected chi connectivity index (χ1v) is 10.3. The minimum absolute atomic E-state index is 0.168. The molecule has 5 rings (SSSR count). The Morgan fingerprint density at radius 2 is 1.97 bits per heavy atom. The third-order valence-electron chi connectivity index (χ3n) is 8.82. The first-order valence-electron chi connectivity index (χ1n) is 10.3. The van der Waals surface area contributed by atoms with Crippen LogP contribution in [0.15, 0.2) is 0 Å². The number of ether oxygens (including phenoxy) is 4. The Balaban J connectivity index is 1.85. The lowest BCUT2D eigenvalue weighted by atomic mass is 9.52. The standard InChI is InChI=1S/C20H28O10/c1-8-13(24)29-12-11(23)18-10-5-9(16(2,3)4)17(18,6-21)15(27-7-22)30-20(18,14(25)28-10)19(8,12)26/h7-13,15,21,23-24,26H,5-6H2,1-4H3/t8-,9+,10?,11+,12?,13?,15?,17?,18?,19-,20?/m1/s1. The number of fused-ring (bicyclic) bond motifs is 1. The third-order valence-corrected chi connectivity index (χ3v) is 8.82. The SMILES string of the molecule is C[C@@H]1C(O)OC2[C@H](O)C34C5C[C@@H](C(C)(C)C)C3(CO)C(OC=O)OC4(C(=O)O5)[C@]21O. The average molecular weight is 428 g/mol. The maximum atomic E-state index is 13.4. The molecular formula is C20H28O10.